The summed E-state index contributed by atoms with van der Waals surface area (Å²) in [6.45, 7) is 2.95. The predicted octanol–water partition coefficient (Wildman–Crippen LogP) is 6.17. The SMILES string of the molecule is Cl.NCCCNCCC(c1cn(C2CCCCC2)c2ccccc12)C1CCCC1. The molecular weight excluding hydrogens is 378 g/mol. The molecule has 0 bridgehead atoms. The Labute approximate surface area is 183 Å². The number of hydrogen-bond donors (Lipinski definition) is 2. The summed E-state index contributed by atoms with van der Waals surface area (Å²) in [5.74, 6) is 1.56. The van der Waals surface area contributed by atoms with Crippen LogP contribution in [0.2, 0.25) is 0 Å². The molecule has 0 radical (unpaired) electrons. The Balaban J connectivity index is 0.00000240. The molecule has 3 nitrogen and oxygen atoms in total. The second-order valence-corrected chi connectivity index (χ2v) is 9.13. The summed E-state index contributed by atoms with van der Waals surface area (Å²) in [5, 5.41) is 5.16. The van der Waals surface area contributed by atoms with E-state index < -0.39 is 0 Å². The first-order valence-corrected chi connectivity index (χ1v) is 11.9. The molecule has 2 saturated carbocycles. The molecule has 1 unspecified atom stereocenters. The van der Waals surface area contributed by atoms with E-state index in [-0.39, 0.29) is 12.4 Å². The van der Waals surface area contributed by atoms with Crippen molar-refractivity contribution in [3.05, 3.63) is 36.0 Å². The summed E-state index contributed by atoms with van der Waals surface area (Å²) in [7, 11) is 0. The second-order valence-electron chi connectivity index (χ2n) is 9.13. The minimum atomic E-state index is 0. The van der Waals surface area contributed by atoms with Crippen LogP contribution < -0.4 is 11.1 Å². The van der Waals surface area contributed by atoms with Crippen molar-refractivity contribution in [2.24, 2.45) is 11.7 Å². The average molecular weight is 418 g/mol. The normalized spacial score (nSPS) is 19.5. The number of nitrogens with zero attached hydrogens (tertiary/aromatic N) is 1. The molecule has 0 spiro atoms. The number of nitrogens with two attached hydrogens (primary N) is 1. The predicted molar refractivity (Wildman–Crippen MR) is 127 cm³/mol. The molecular formula is C25H40ClN3. The van der Waals surface area contributed by atoms with Crippen LogP contribution in [0, 0.1) is 5.92 Å². The van der Waals surface area contributed by atoms with Gasteiger partial charge in [0.2, 0.25) is 0 Å². The zero-order valence-electron chi connectivity index (χ0n) is 18.0. The smallest absolute Gasteiger partial charge is 0.0485 e. The lowest BCUT2D eigenvalue weighted by Crippen LogP contribution is -2.23. The van der Waals surface area contributed by atoms with Gasteiger partial charge in [0.25, 0.3) is 0 Å². The number of aromatic nitrogens is 1. The van der Waals surface area contributed by atoms with Crippen LogP contribution in [0.3, 0.4) is 0 Å². The molecule has 162 valence electrons. The maximum atomic E-state index is 5.65. The molecule has 1 heterocycles. The number of halogens is 1. The Bertz CT molecular complexity index is 729. The van der Waals surface area contributed by atoms with Crippen LogP contribution >= 0.6 is 12.4 Å². The Morgan fingerprint density at radius 1 is 0.966 bits per heavy atom. The quantitative estimate of drug-likeness (QED) is 0.479. The number of hydrogen-bond acceptors (Lipinski definition) is 2. The highest BCUT2D eigenvalue weighted by Crippen LogP contribution is 2.43. The van der Waals surface area contributed by atoms with Crippen LogP contribution in [-0.2, 0) is 0 Å². The third kappa shape index (κ3) is 5.37. The van der Waals surface area contributed by atoms with Gasteiger partial charge < -0.3 is 15.6 Å². The summed E-state index contributed by atoms with van der Waals surface area (Å²) in [5.41, 5.74) is 8.76. The molecule has 0 saturated heterocycles. The van der Waals surface area contributed by atoms with E-state index in [4.69, 9.17) is 5.73 Å². The van der Waals surface area contributed by atoms with Crippen molar-refractivity contribution < 1.29 is 0 Å². The largest absolute Gasteiger partial charge is 0.344 e. The number of rotatable bonds is 9. The molecule has 29 heavy (non-hydrogen) atoms. The van der Waals surface area contributed by atoms with Crippen molar-refractivity contribution in [1.82, 2.24) is 9.88 Å². The zero-order valence-corrected chi connectivity index (χ0v) is 18.8. The maximum absolute atomic E-state index is 5.65. The lowest BCUT2D eigenvalue weighted by Gasteiger charge is -2.25. The Kier molecular flexibility index (Phi) is 8.89. The van der Waals surface area contributed by atoms with Gasteiger partial charge in [-0.15, -0.1) is 12.4 Å². The first-order chi connectivity index (χ1) is 13.9. The summed E-state index contributed by atoms with van der Waals surface area (Å²) >= 11 is 0. The highest BCUT2D eigenvalue weighted by molar-refractivity contribution is 5.85. The van der Waals surface area contributed by atoms with E-state index in [2.05, 4.69) is 40.3 Å². The first-order valence-electron chi connectivity index (χ1n) is 11.9. The molecule has 2 aliphatic carbocycles. The second kappa shape index (κ2) is 11.4. The van der Waals surface area contributed by atoms with Crippen molar-refractivity contribution in [1.29, 1.82) is 0 Å². The van der Waals surface area contributed by atoms with Gasteiger partial charge in [0.1, 0.15) is 0 Å². The van der Waals surface area contributed by atoms with Crippen molar-refractivity contribution in [2.75, 3.05) is 19.6 Å². The van der Waals surface area contributed by atoms with Crippen LogP contribution in [-0.4, -0.2) is 24.2 Å². The van der Waals surface area contributed by atoms with E-state index in [1.165, 1.54) is 75.1 Å². The zero-order chi connectivity index (χ0) is 19.2. The van der Waals surface area contributed by atoms with Gasteiger partial charge in [0.05, 0.1) is 0 Å². The van der Waals surface area contributed by atoms with Gasteiger partial charge in [-0.2, -0.15) is 0 Å². The third-order valence-electron chi connectivity index (χ3n) is 7.30. The lowest BCUT2D eigenvalue weighted by molar-refractivity contribution is 0.358. The molecule has 4 heteroatoms. The number of fused-ring (bicyclic) bond motifs is 1. The van der Waals surface area contributed by atoms with Gasteiger partial charge in [0.15, 0.2) is 0 Å². The van der Waals surface area contributed by atoms with Gasteiger partial charge in [-0.1, -0.05) is 50.3 Å². The molecule has 1 aromatic heterocycles. The average Bonchev–Trinajstić information content (AvgIpc) is 3.40. The van der Waals surface area contributed by atoms with E-state index in [0.29, 0.717) is 12.0 Å². The third-order valence-corrected chi connectivity index (χ3v) is 7.30. The Hall–Kier alpha value is -1.03. The topological polar surface area (TPSA) is 43.0 Å². The van der Waals surface area contributed by atoms with Crippen LogP contribution in [0.4, 0.5) is 0 Å². The van der Waals surface area contributed by atoms with E-state index in [9.17, 15) is 0 Å². The molecule has 4 rings (SSSR count). The maximum Gasteiger partial charge on any atom is 0.0485 e. The van der Waals surface area contributed by atoms with E-state index >= 15 is 0 Å². The van der Waals surface area contributed by atoms with Crippen LogP contribution in [0.15, 0.2) is 30.5 Å². The minimum Gasteiger partial charge on any atom is -0.344 e. The molecule has 2 aliphatic rings. The monoisotopic (exact) mass is 417 g/mol. The molecule has 2 fully saturated rings. The minimum absolute atomic E-state index is 0. The summed E-state index contributed by atoms with van der Waals surface area (Å²) in [6.07, 6.45) is 17.5. The Morgan fingerprint density at radius 3 is 2.45 bits per heavy atom. The van der Waals surface area contributed by atoms with Gasteiger partial charge in [-0.3, -0.25) is 0 Å². The summed E-state index contributed by atoms with van der Waals surface area (Å²) in [6, 6.07) is 9.92. The summed E-state index contributed by atoms with van der Waals surface area (Å²) in [4.78, 5) is 0. The van der Waals surface area contributed by atoms with Gasteiger partial charge in [-0.05, 0) is 81.6 Å². The van der Waals surface area contributed by atoms with Gasteiger partial charge >= 0.3 is 0 Å². The fourth-order valence-corrected chi connectivity index (χ4v) is 5.80. The first kappa shape index (κ1) is 22.7. The standard InChI is InChI=1S/C25H39N3.ClH/c26-16-8-17-27-18-15-22(20-9-4-5-10-20)24-19-28(21-11-2-1-3-12-21)25-14-7-6-13-23(24)25;/h6-7,13-14,19-22,27H,1-5,8-12,15-18,26H2;1H. The van der Waals surface area contributed by atoms with E-state index in [0.717, 1.165) is 32.0 Å². The number of para-hydroxylation sites is 1. The lowest BCUT2D eigenvalue weighted by atomic mass is 9.82. The molecule has 1 atom stereocenters. The van der Waals surface area contributed by atoms with Crippen molar-refractivity contribution in [2.45, 2.75) is 82.6 Å². The van der Waals surface area contributed by atoms with Crippen molar-refractivity contribution >= 4 is 23.3 Å². The highest BCUT2D eigenvalue weighted by Gasteiger charge is 2.29. The summed E-state index contributed by atoms with van der Waals surface area (Å²) < 4.78 is 2.66. The fourth-order valence-electron chi connectivity index (χ4n) is 5.80. The van der Waals surface area contributed by atoms with Gasteiger partial charge in [0, 0.05) is 23.1 Å². The van der Waals surface area contributed by atoms with E-state index in [1.54, 1.807) is 5.56 Å². The number of benzene rings is 1. The van der Waals surface area contributed by atoms with Crippen molar-refractivity contribution in [3.8, 4) is 0 Å². The van der Waals surface area contributed by atoms with Crippen molar-refractivity contribution in [3.63, 3.8) is 0 Å². The number of nitrogens with one attached hydrogen (secondary N) is 1. The molecule has 2 aromatic rings. The molecule has 1 aromatic carbocycles. The molecule has 3 N–H and O–H groups in total. The van der Waals surface area contributed by atoms with E-state index in [1.807, 2.05) is 0 Å². The fraction of sp³-hybridized carbons (Fsp3) is 0.680. The highest BCUT2D eigenvalue weighted by atomic mass is 35.5. The van der Waals surface area contributed by atoms with Crippen LogP contribution in [0.1, 0.15) is 88.2 Å². The molecule has 0 aliphatic heterocycles. The molecule has 0 amide bonds. The van der Waals surface area contributed by atoms with Gasteiger partial charge in [-0.25, -0.2) is 0 Å². The van der Waals surface area contributed by atoms with Crippen LogP contribution in [0.5, 0.6) is 0 Å². The van der Waals surface area contributed by atoms with Crippen LogP contribution in [0.25, 0.3) is 10.9 Å². The Morgan fingerprint density at radius 2 is 1.69 bits per heavy atom.